The van der Waals surface area contributed by atoms with Crippen molar-refractivity contribution < 1.29 is 8.91 Å². The number of benzene rings is 1. The highest BCUT2D eigenvalue weighted by molar-refractivity contribution is 7.99. The quantitative estimate of drug-likeness (QED) is 0.339. The monoisotopic (exact) mass is 391 g/mol. The molecule has 1 aromatic carbocycles. The predicted molar refractivity (Wildman–Crippen MR) is 106 cm³/mol. The van der Waals surface area contributed by atoms with Crippen LogP contribution in [0.25, 0.3) is 0 Å². The van der Waals surface area contributed by atoms with E-state index in [1.165, 1.54) is 17.8 Å². The van der Waals surface area contributed by atoms with Gasteiger partial charge in [0.25, 0.3) is 0 Å². The Labute approximate surface area is 163 Å². The molecule has 0 saturated carbocycles. The van der Waals surface area contributed by atoms with Gasteiger partial charge in [0.05, 0.1) is 12.2 Å². The van der Waals surface area contributed by atoms with Crippen molar-refractivity contribution in [1.29, 1.82) is 0 Å². The van der Waals surface area contributed by atoms with E-state index in [-0.39, 0.29) is 5.82 Å². The van der Waals surface area contributed by atoms with E-state index in [1.807, 2.05) is 18.2 Å². The maximum Gasteiger partial charge on any atom is 0.194 e. The molecule has 2 heterocycles. The van der Waals surface area contributed by atoms with Gasteiger partial charge in [-0.05, 0) is 19.1 Å². The molecule has 0 aliphatic carbocycles. The number of thioether (sulfide) groups is 1. The van der Waals surface area contributed by atoms with E-state index < -0.39 is 0 Å². The normalized spacial score (nSPS) is 15.9. The molecule has 1 aromatic heterocycles. The van der Waals surface area contributed by atoms with Gasteiger partial charge in [0.15, 0.2) is 5.96 Å². The Hall–Kier alpha value is -2.06. The number of nitrogens with zero attached hydrogens (tertiary/aromatic N) is 4. The first kappa shape index (κ1) is 19.7. The van der Waals surface area contributed by atoms with Crippen LogP contribution in [-0.2, 0) is 6.54 Å². The molecule has 0 spiro atoms. The molecule has 1 saturated heterocycles. The van der Waals surface area contributed by atoms with Crippen molar-refractivity contribution in [3.8, 4) is 0 Å². The van der Waals surface area contributed by atoms with Crippen LogP contribution in [0.15, 0.2) is 51.0 Å². The number of aliphatic imine (C=N–C) groups is 1. The minimum Gasteiger partial charge on any atom is -0.364 e. The summed E-state index contributed by atoms with van der Waals surface area (Å²) >= 11 is 1.50. The van der Waals surface area contributed by atoms with Gasteiger partial charge in [0.2, 0.25) is 0 Å². The Morgan fingerprint density at radius 1 is 1.26 bits per heavy atom. The summed E-state index contributed by atoms with van der Waals surface area (Å²) < 4.78 is 18.6. The molecule has 3 rings (SSSR count). The minimum absolute atomic E-state index is 0.165. The van der Waals surface area contributed by atoms with Crippen molar-refractivity contribution in [1.82, 2.24) is 20.3 Å². The van der Waals surface area contributed by atoms with Crippen LogP contribution in [0.3, 0.4) is 0 Å². The first-order chi connectivity index (χ1) is 13.3. The lowest BCUT2D eigenvalue weighted by Gasteiger charge is -2.36. The zero-order chi connectivity index (χ0) is 18.9. The van der Waals surface area contributed by atoms with E-state index in [0.717, 1.165) is 56.7 Å². The second kappa shape index (κ2) is 10.3. The highest BCUT2D eigenvalue weighted by Crippen LogP contribution is 2.20. The van der Waals surface area contributed by atoms with E-state index >= 15 is 0 Å². The minimum atomic E-state index is -0.165. The van der Waals surface area contributed by atoms with Crippen LogP contribution in [-0.4, -0.2) is 65.9 Å². The molecule has 1 N–H and O–H groups in total. The van der Waals surface area contributed by atoms with Crippen LogP contribution < -0.4 is 5.32 Å². The van der Waals surface area contributed by atoms with E-state index in [9.17, 15) is 4.39 Å². The zero-order valence-electron chi connectivity index (χ0n) is 15.6. The van der Waals surface area contributed by atoms with Gasteiger partial charge < -0.3 is 14.7 Å². The maximum atomic E-state index is 13.7. The highest BCUT2D eigenvalue weighted by Gasteiger charge is 2.20. The molecule has 8 heteroatoms. The third kappa shape index (κ3) is 5.97. The topological polar surface area (TPSA) is 56.9 Å². The van der Waals surface area contributed by atoms with E-state index in [2.05, 4.69) is 27.2 Å². The smallest absolute Gasteiger partial charge is 0.194 e. The molecule has 0 bridgehead atoms. The zero-order valence-corrected chi connectivity index (χ0v) is 16.4. The van der Waals surface area contributed by atoms with Crippen LogP contribution >= 0.6 is 11.8 Å². The van der Waals surface area contributed by atoms with Crippen LogP contribution in [0.1, 0.15) is 12.6 Å². The van der Waals surface area contributed by atoms with Gasteiger partial charge in [-0.1, -0.05) is 17.3 Å². The largest absolute Gasteiger partial charge is 0.364 e. The number of guanidine groups is 1. The molecule has 146 valence electrons. The van der Waals surface area contributed by atoms with Crippen molar-refractivity contribution in [2.24, 2.45) is 4.99 Å². The van der Waals surface area contributed by atoms with Crippen molar-refractivity contribution in [3.05, 3.63) is 48.1 Å². The molecule has 0 amide bonds. The van der Waals surface area contributed by atoms with Crippen LogP contribution in [0.2, 0.25) is 0 Å². The molecule has 0 atom stereocenters. The number of hydrogen-bond acceptors (Lipinski definition) is 5. The second-order valence-electron chi connectivity index (χ2n) is 6.27. The first-order valence-electron chi connectivity index (χ1n) is 9.28. The Kier molecular flexibility index (Phi) is 7.53. The molecule has 2 aromatic rings. The van der Waals surface area contributed by atoms with Gasteiger partial charge in [0.1, 0.15) is 12.1 Å². The van der Waals surface area contributed by atoms with Crippen molar-refractivity contribution in [3.63, 3.8) is 0 Å². The summed E-state index contributed by atoms with van der Waals surface area (Å²) in [6.45, 7) is 8.14. The first-order valence-corrected chi connectivity index (χ1v) is 10.3. The molecule has 27 heavy (non-hydrogen) atoms. The van der Waals surface area contributed by atoms with Gasteiger partial charge in [-0.25, -0.2) is 4.39 Å². The Morgan fingerprint density at radius 3 is 2.78 bits per heavy atom. The molecule has 0 unspecified atom stereocenters. The Morgan fingerprint density at radius 2 is 2.07 bits per heavy atom. The SMILES string of the molecule is CCNC(=NCCSc1ccccc1F)N1CCN(Cc2ccon2)CC1. The fraction of sp³-hybridized carbons (Fsp3) is 0.474. The third-order valence-corrected chi connectivity index (χ3v) is 5.36. The number of rotatable bonds is 7. The van der Waals surface area contributed by atoms with Gasteiger partial charge in [-0.15, -0.1) is 11.8 Å². The molecular formula is C19H26FN5OS. The van der Waals surface area contributed by atoms with E-state index in [4.69, 9.17) is 9.52 Å². The summed E-state index contributed by atoms with van der Waals surface area (Å²) in [5.74, 6) is 1.52. The van der Waals surface area contributed by atoms with Crippen LogP contribution in [0, 0.1) is 5.82 Å². The molecular weight excluding hydrogens is 365 g/mol. The number of aromatic nitrogens is 1. The molecule has 1 aliphatic rings. The summed E-state index contributed by atoms with van der Waals surface area (Å²) in [5.41, 5.74) is 0.967. The van der Waals surface area contributed by atoms with E-state index in [1.54, 1.807) is 12.3 Å². The number of nitrogens with one attached hydrogen (secondary N) is 1. The van der Waals surface area contributed by atoms with Gasteiger partial charge in [0, 0.05) is 56.0 Å². The third-order valence-electron chi connectivity index (χ3n) is 4.33. The van der Waals surface area contributed by atoms with Crippen molar-refractivity contribution >= 4 is 17.7 Å². The number of piperazine rings is 1. The molecule has 1 aliphatic heterocycles. The lowest BCUT2D eigenvalue weighted by Crippen LogP contribution is -2.52. The lowest BCUT2D eigenvalue weighted by atomic mass is 10.3. The summed E-state index contributed by atoms with van der Waals surface area (Å²) in [6, 6.07) is 8.78. The van der Waals surface area contributed by atoms with Crippen molar-refractivity contribution in [2.75, 3.05) is 45.0 Å². The van der Waals surface area contributed by atoms with Gasteiger partial charge in [-0.3, -0.25) is 9.89 Å². The molecule has 0 radical (unpaired) electrons. The average molecular weight is 392 g/mol. The van der Waals surface area contributed by atoms with Gasteiger partial charge >= 0.3 is 0 Å². The highest BCUT2D eigenvalue weighted by atomic mass is 32.2. The maximum absolute atomic E-state index is 13.7. The van der Waals surface area contributed by atoms with Gasteiger partial charge in [-0.2, -0.15) is 0 Å². The molecule has 6 nitrogen and oxygen atoms in total. The molecule has 1 fully saturated rings. The number of halogens is 1. The summed E-state index contributed by atoms with van der Waals surface area (Å²) in [5, 5.41) is 7.35. The van der Waals surface area contributed by atoms with E-state index in [0.29, 0.717) is 11.4 Å². The van der Waals surface area contributed by atoms with Crippen molar-refractivity contribution in [2.45, 2.75) is 18.4 Å². The second-order valence-corrected chi connectivity index (χ2v) is 7.41. The lowest BCUT2D eigenvalue weighted by molar-refractivity contribution is 0.169. The Balaban J connectivity index is 1.46. The standard InChI is InChI=1S/C19H26FN5OS/c1-2-21-19(22-8-14-27-18-6-4-3-5-17(18)20)25-11-9-24(10-12-25)15-16-7-13-26-23-16/h3-7,13H,2,8-12,14-15H2,1H3,(H,21,22). The predicted octanol–water partition coefficient (Wildman–Crippen LogP) is 2.69. The summed E-state index contributed by atoms with van der Waals surface area (Å²) in [7, 11) is 0. The fourth-order valence-electron chi connectivity index (χ4n) is 2.96. The fourth-order valence-corrected chi connectivity index (χ4v) is 3.74. The summed E-state index contributed by atoms with van der Waals surface area (Å²) in [6.07, 6.45) is 1.61. The number of hydrogen-bond donors (Lipinski definition) is 1. The van der Waals surface area contributed by atoms with Crippen LogP contribution in [0.5, 0.6) is 0 Å². The van der Waals surface area contributed by atoms with Crippen LogP contribution in [0.4, 0.5) is 4.39 Å². The average Bonchev–Trinajstić information content (AvgIpc) is 3.19. The summed E-state index contributed by atoms with van der Waals surface area (Å²) in [4.78, 5) is 10.1. The Bertz CT molecular complexity index is 717.